The van der Waals surface area contributed by atoms with Crippen LogP contribution in [0.1, 0.15) is 18.9 Å². The Morgan fingerprint density at radius 2 is 2.06 bits per heavy atom. The van der Waals surface area contributed by atoms with Crippen molar-refractivity contribution in [2.75, 3.05) is 6.61 Å². The largest absolute Gasteiger partial charge is 0.465 e. The van der Waals surface area contributed by atoms with Crippen LogP contribution in [-0.4, -0.2) is 12.6 Å². The molecule has 0 N–H and O–H groups in total. The molecule has 0 radical (unpaired) electrons. The third-order valence-electron chi connectivity index (χ3n) is 3.03. The van der Waals surface area contributed by atoms with Gasteiger partial charge in [0.15, 0.2) is 0 Å². The van der Waals surface area contributed by atoms with E-state index in [0.717, 1.165) is 6.42 Å². The quantitative estimate of drug-likeness (QED) is 0.743. The van der Waals surface area contributed by atoms with Gasteiger partial charge in [0, 0.05) is 6.92 Å². The normalized spacial score (nSPS) is 22.4. The number of benzene rings is 1. The molecule has 2 heteroatoms. The molecule has 88 valence electrons. The Morgan fingerprint density at radius 1 is 1.29 bits per heavy atom. The van der Waals surface area contributed by atoms with Gasteiger partial charge in [0.25, 0.3) is 0 Å². The Hall–Kier alpha value is -1.83. The molecule has 1 aliphatic rings. The van der Waals surface area contributed by atoms with E-state index in [0.29, 0.717) is 6.61 Å². The number of ether oxygens (including phenoxy) is 1. The predicted octanol–water partition coefficient (Wildman–Crippen LogP) is 3.00. The molecular formula is C15H16O2. The summed E-state index contributed by atoms with van der Waals surface area (Å²) >= 11 is 0. The highest BCUT2D eigenvalue weighted by Crippen LogP contribution is 2.32. The first-order chi connectivity index (χ1) is 8.23. The number of carbonyl (C=O) groups excluding carboxylic acids is 1. The number of carbonyl (C=O) groups is 1. The van der Waals surface area contributed by atoms with E-state index in [1.807, 2.05) is 30.4 Å². The molecule has 0 bridgehead atoms. The van der Waals surface area contributed by atoms with E-state index in [-0.39, 0.29) is 11.4 Å². The van der Waals surface area contributed by atoms with Gasteiger partial charge in [-0.15, -0.1) is 0 Å². The van der Waals surface area contributed by atoms with Gasteiger partial charge in [-0.2, -0.15) is 0 Å². The first kappa shape index (κ1) is 11.6. The maximum atomic E-state index is 11.0. The second kappa shape index (κ2) is 5.00. The van der Waals surface area contributed by atoms with Crippen molar-refractivity contribution in [1.29, 1.82) is 0 Å². The SMILES string of the molecule is CC(=O)OCC1(c2ccccc2)C=CC=CC1. The van der Waals surface area contributed by atoms with Crippen molar-refractivity contribution in [2.45, 2.75) is 18.8 Å². The lowest BCUT2D eigenvalue weighted by Gasteiger charge is -2.31. The van der Waals surface area contributed by atoms with Crippen LogP contribution >= 0.6 is 0 Å². The zero-order valence-electron chi connectivity index (χ0n) is 9.93. The zero-order chi connectivity index (χ0) is 12.1. The van der Waals surface area contributed by atoms with Crippen molar-refractivity contribution in [3.63, 3.8) is 0 Å². The van der Waals surface area contributed by atoms with E-state index in [2.05, 4.69) is 24.3 Å². The van der Waals surface area contributed by atoms with Crippen molar-refractivity contribution < 1.29 is 9.53 Å². The first-order valence-electron chi connectivity index (χ1n) is 5.76. The third-order valence-corrected chi connectivity index (χ3v) is 3.03. The number of allylic oxidation sites excluding steroid dienone is 3. The van der Waals surface area contributed by atoms with Crippen LogP contribution in [0.25, 0.3) is 0 Å². The van der Waals surface area contributed by atoms with Gasteiger partial charge in [-0.25, -0.2) is 0 Å². The molecule has 0 heterocycles. The molecule has 0 aromatic heterocycles. The maximum Gasteiger partial charge on any atom is 0.302 e. The molecule has 0 saturated heterocycles. The first-order valence-corrected chi connectivity index (χ1v) is 5.76. The van der Waals surface area contributed by atoms with Gasteiger partial charge in [0.05, 0.1) is 5.41 Å². The van der Waals surface area contributed by atoms with Crippen LogP contribution < -0.4 is 0 Å². The van der Waals surface area contributed by atoms with Gasteiger partial charge < -0.3 is 4.74 Å². The maximum absolute atomic E-state index is 11.0. The molecule has 0 saturated carbocycles. The molecule has 0 spiro atoms. The molecule has 2 nitrogen and oxygen atoms in total. The van der Waals surface area contributed by atoms with E-state index in [1.54, 1.807) is 0 Å². The van der Waals surface area contributed by atoms with E-state index >= 15 is 0 Å². The average molecular weight is 228 g/mol. The van der Waals surface area contributed by atoms with Crippen molar-refractivity contribution in [2.24, 2.45) is 0 Å². The van der Waals surface area contributed by atoms with Gasteiger partial charge in [0.1, 0.15) is 6.61 Å². The molecule has 1 aromatic rings. The average Bonchev–Trinajstić information content (AvgIpc) is 2.39. The van der Waals surface area contributed by atoms with Crippen molar-refractivity contribution in [1.82, 2.24) is 0 Å². The third kappa shape index (κ3) is 2.64. The van der Waals surface area contributed by atoms with Gasteiger partial charge in [-0.3, -0.25) is 4.79 Å². The van der Waals surface area contributed by atoms with Crippen LogP contribution in [0.3, 0.4) is 0 Å². The minimum absolute atomic E-state index is 0.207. The molecule has 1 atom stereocenters. The van der Waals surface area contributed by atoms with E-state index in [9.17, 15) is 4.79 Å². The van der Waals surface area contributed by atoms with E-state index < -0.39 is 0 Å². The lowest BCUT2D eigenvalue weighted by molar-refractivity contribution is -0.142. The number of rotatable bonds is 3. The molecular weight excluding hydrogens is 212 g/mol. The second-order valence-electron chi connectivity index (χ2n) is 4.29. The van der Waals surface area contributed by atoms with Crippen LogP contribution in [0, 0.1) is 0 Å². The fourth-order valence-corrected chi connectivity index (χ4v) is 2.07. The lowest BCUT2D eigenvalue weighted by atomic mass is 9.76. The summed E-state index contributed by atoms with van der Waals surface area (Å²) in [7, 11) is 0. The molecule has 1 aromatic carbocycles. The summed E-state index contributed by atoms with van der Waals surface area (Å²) in [6.45, 7) is 1.84. The summed E-state index contributed by atoms with van der Waals surface area (Å²) in [5, 5.41) is 0. The lowest BCUT2D eigenvalue weighted by Crippen LogP contribution is -2.31. The Morgan fingerprint density at radius 3 is 2.65 bits per heavy atom. The highest BCUT2D eigenvalue weighted by Gasteiger charge is 2.30. The predicted molar refractivity (Wildman–Crippen MR) is 67.7 cm³/mol. The molecule has 0 amide bonds. The summed E-state index contributed by atoms with van der Waals surface area (Å²) in [6.07, 6.45) is 9.12. The van der Waals surface area contributed by atoms with Crippen LogP contribution in [0.5, 0.6) is 0 Å². The van der Waals surface area contributed by atoms with Crippen molar-refractivity contribution >= 4 is 5.97 Å². The van der Waals surface area contributed by atoms with Gasteiger partial charge in [-0.1, -0.05) is 54.6 Å². The van der Waals surface area contributed by atoms with Crippen LogP contribution in [0.15, 0.2) is 54.6 Å². The smallest absolute Gasteiger partial charge is 0.302 e. The van der Waals surface area contributed by atoms with Crippen molar-refractivity contribution in [3.05, 3.63) is 60.2 Å². The fraction of sp³-hybridized carbons (Fsp3) is 0.267. The minimum atomic E-state index is -0.233. The summed E-state index contributed by atoms with van der Waals surface area (Å²) in [6, 6.07) is 10.2. The molecule has 0 aliphatic heterocycles. The van der Waals surface area contributed by atoms with Crippen molar-refractivity contribution in [3.8, 4) is 0 Å². The fourth-order valence-electron chi connectivity index (χ4n) is 2.07. The monoisotopic (exact) mass is 228 g/mol. The van der Waals surface area contributed by atoms with E-state index in [1.165, 1.54) is 12.5 Å². The number of hydrogen-bond donors (Lipinski definition) is 0. The van der Waals surface area contributed by atoms with Gasteiger partial charge in [0.2, 0.25) is 0 Å². The summed E-state index contributed by atoms with van der Waals surface area (Å²) in [4.78, 5) is 11.0. The standard InChI is InChI=1S/C15H16O2/c1-13(16)17-12-15(10-6-3-7-11-15)14-8-4-2-5-9-14/h2-10H,11-12H2,1H3. The van der Waals surface area contributed by atoms with Crippen LogP contribution in [0.2, 0.25) is 0 Å². The topological polar surface area (TPSA) is 26.3 Å². The number of esters is 1. The van der Waals surface area contributed by atoms with E-state index in [4.69, 9.17) is 4.74 Å². The summed E-state index contributed by atoms with van der Waals surface area (Å²) in [5.41, 5.74) is 0.976. The molecule has 1 unspecified atom stereocenters. The van der Waals surface area contributed by atoms with Crippen LogP contribution in [-0.2, 0) is 14.9 Å². The molecule has 17 heavy (non-hydrogen) atoms. The van der Waals surface area contributed by atoms with Gasteiger partial charge >= 0.3 is 5.97 Å². The summed E-state index contributed by atoms with van der Waals surface area (Å²) < 4.78 is 5.22. The second-order valence-corrected chi connectivity index (χ2v) is 4.29. The Labute approximate surface area is 102 Å². The highest BCUT2D eigenvalue weighted by molar-refractivity contribution is 5.66. The Bertz CT molecular complexity index is 445. The summed E-state index contributed by atoms with van der Waals surface area (Å²) in [5.74, 6) is -0.233. The molecule has 0 fully saturated rings. The zero-order valence-corrected chi connectivity index (χ0v) is 9.93. The molecule has 1 aliphatic carbocycles. The molecule has 2 rings (SSSR count). The van der Waals surface area contributed by atoms with Gasteiger partial charge in [-0.05, 0) is 12.0 Å². The Balaban J connectivity index is 2.28. The highest BCUT2D eigenvalue weighted by atomic mass is 16.5. The van der Waals surface area contributed by atoms with Crippen LogP contribution in [0.4, 0.5) is 0 Å². The minimum Gasteiger partial charge on any atom is -0.465 e. The number of hydrogen-bond acceptors (Lipinski definition) is 2. The Kier molecular flexibility index (Phi) is 3.43.